The molecule has 0 spiro atoms. The number of nitrogens with zero attached hydrogens (tertiary/aromatic N) is 2. The van der Waals surface area contributed by atoms with E-state index in [1.807, 2.05) is 13.0 Å². The monoisotopic (exact) mass is 520 g/mol. The van der Waals surface area contributed by atoms with Crippen molar-refractivity contribution >= 4 is 39.2 Å². The Morgan fingerprint density at radius 3 is 2.40 bits per heavy atom. The molecule has 1 amide bonds. The first-order valence-electron chi connectivity index (χ1n) is 11.7. The van der Waals surface area contributed by atoms with Gasteiger partial charge < -0.3 is 14.7 Å². The maximum absolute atomic E-state index is 13.6. The van der Waals surface area contributed by atoms with E-state index in [4.69, 9.17) is 16.3 Å². The number of hydrogen-bond acceptors (Lipinski definition) is 5. The van der Waals surface area contributed by atoms with Gasteiger partial charge in [0.05, 0.1) is 42.6 Å². The average molecular weight is 521 g/mol. The highest BCUT2D eigenvalue weighted by Crippen LogP contribution is 2.36. The van der Waals surface area contributed by atoms with Gasteiger partial charge in [-0.15, -0.1) is 0 Å². The molecule has 1 unspecified atom stereocenters. The van der Waals surface area contributed by atoms with Gasteiger partial charge in [-0.3, -0.25) is 13.9 Å². The molecule has 0 aromatic heterocycles. The highest BCUT2D eigenvalue weighted by atomic mass is 35.5. The largest absolute Gasteiger partial charge is 0.481 e. The first-order chi connectivity index (χ1) is 16.7. The number of para-hydroxylation sites is 1. The lowest BCUT2D eigenvalue weighted by Gasteiger charge is -2.45. The van der Waals surface area contributed by atoms with E-state index in [0.717, 1.165) is 5.56 Å². The molecule has 1 saturated carbocycles. The van der Waals surface area contributed by atoms with Crippen molar-refractivity contribution in [2.24, 2.45) is 0 Å². The maximum atomic E-state index is 13.6. The number of carboxylic acids is 1. The number of ether oxygens (including phenoxy) is 1. The van der Waals surface area contributed by atoms with Gasteiger partial charge in [-0.25, -0.2) is 8.42 Å². The number of aliphatic carboxylic acids is 1. The van der Waals surface area contributed by atoms with Gasteiger partial charge >= 0.3 is 5.97 Å². The average Bonchev–Trinajstić information content (AvgIpc) is 3.69. The van der Waals surface area contributed by atoms with Gasteiger partial charge in [0.25, 0.3) is 5.91 Å². The summed E-state index contributed by atoms with van der Waals surface area (Å²) in [5.74, 6) is -1.59. The Kier molecular flexibility index (Phi) is 7.68. The number of halogens is 1. The highest BCUT2D eigenvalue weighted by Gasteiger charge is 2.45. The van der Waals surface area contributed by atoms with Crippen LogP contribution < -0.4 is 4.31 Å². The third-order valence-electron chi connectivity index (χ3n) is 6.47. The van der Waals surface area contributed by atoms with Gasteiger partial charge in [-0.1, -0.05) is 48.9 Å². The van der Waals surface area contributed by atoms with Gasteiger partial charge in [0.15, 0.2) is 0 Å². The number of amides is 1. The molecule has 2 aromatic rings. The molecule has 8 nitrogen and oxygen atoms in total. The first kappa shape index (κ1) is 25.5. The van der Waals surface area contributed by atoms with Crippen LogP contribution in [0, 0.1) is 0 Å². The predicted octanol–water partition coefficient (Wildman–Crippen LogP) is 3.86. The van der Waals surface area contributed by atoms with Crippen LogP contribution in [0.1, 0.15) is 44.2 Å². The Bertz CT molecular complexity index is 1150. The molecule has 4 rings (SSSR count). The molecule has 3 atom stereocenters. The lowest BCUT2D eigenvalue weighted by atomic mass is 9.98. The van der Waals surface area contributed by atoms with Crippen molar-refractivity contribution in [1.82, 2.24) is 4.90 Å². The molecule has 2 aromatic carbocycles. The van der Waals surface area contributed by atoms with Crippen molar-refractivity contribution in [2.75, 3.05) is 17.5 Å². The number of carbonyl (C=O) groups is 2. The third kappa shape index (κ3) is 5.63. The molecule has 1 N–H and O–H groups in total. The van der Waals surface area contributed by atoms with E-state index in [2.05, 4.69) is 0 Å². The van der Waals surface area contributed by atoms with E-state index < -0.39 is 51.8 Å². The quantitative estimate of drug-likeness (QED) is 0.510. The SMILES string of the molecule is CC[C@@H](CN(c1ccccc1)S(=O)(=O)C1CC1)N1C(=O)C(CC(=O)O)OC[C@H]1c1ccc(Cl)cc1. The van der Waals surface area contributed by atoms with Crippen LogP contribution in [0.15, 0.2) is 54.6 Å². The summed E-state index contributed by atoms with van der Waals surface area (Å²) in [7, 11) is -3.61. The fourth-order valence-electron chi connectivity index (χ4n) is 4.46. The fraction of sp³-hybridized carbons (Fsp3) is 0.440. The Hall–Kier alpha value is -2.62. The fourth-order valence-corrected chi connectivity index (χ4v) is 6.47. The number of carbonyl (C=O) groups excluding carboxylic acids is 1. The Morgan fingerprint density at radius 1 is 1.17 bits per heavy atom. The molecule has 1 aliphatic carbocycles. The summed E-state index contributed by atoms with van der Waals surface area (Å²) in [4.78, 5) is 26.6. The van der Waals surface area contributed by atoms with Crippen LogP contribution in [0.2, 0.25) is 5.02 Å². The van der Waals surface area contributed by atoms with Crippen LogP contribution in [-0.4, -0.2) is 60.8 Å². The van der Waals surface area contributed by atoms with E-state index in [9.17, 15) is 23.1 Å². The number of hydrogen-bond donors (Lipinski definition) is 1. The van der Waals surface area contributed by atoms with E-state index in [1.54, 1.807) is 53.4 Å². The Balaban J connectivity index is 1.71. The van der Waals surface area contributed by atoms with Crippen molar-refractivity contribution in [1.29, 1.82) is 0 Å². The lowest BCUT2D eigenvalue weighted by molar-refractivity contribution is -0.168. The molecule has 1 aliphatic heterocycles. The minimum Gasteiger partial charge on any atom is -0.481 e. The van der Waals surface area contributed by atoms with Gasteiger partial charge in [0.1, 0.15) is 6.10 Å². The second-order valence-corrected chi connectivity index (χ2v) is 11.5. The predicted molar refractivity (Wildman–Crippen MR) is 133 cm³/mol. The zero-order chi connectivity index (χ0) is 25.2. The number of anilines is 1. The van der Waals surface area contributed by atoms with Crippen LogP contribution in [-0.2, 0) is 24.3 Å². The third-order valence-corrected chi connectivity index (χ3v) is 9.01. The summed E-state index contributed by atoms with van der Waals surface area (Å²) in [6.45, 7) is 2.06. The number of sulfonamides is 1. The van der Waals surface area contributed by atoms with Crippen LogP contribution >= 0.6 is 11.6 Å². The number of morpholine rings is 1. The van der Waals surface area contributed by atoms with Crippen molar-refractivity contribution in [2.45, 2.75) is 56.0 Å². The molecule has 10 heteroatoms. The number of rotatable bonds is 10. The molecule has 2 aliphatic rings. The lowest BCUT2D eigenvalue weighted by Crippen LogP contribution is -2.57. The molecule has 0 bridgehead atoms. The number of benzene rings is 2. The van der Waals surface area contributed by atoms with Crippen molar-refractivity contribution in [3.8, 4) is 0 Å². The van der Waals surface area contributed by atoms with Gasteiger partial charge in [0.2, 0.25) is 10.0 Å². The van der Waals surface area contributed by atoms with E-state index >= 15 is 0 Å². The summed E-state index contributed by atoms with van der Waals surface area (Å²) in [5, 5.41) is 9.42. The Morgan fingerprint density at radius 2 is 1.83 bits per heavy atom. The normalized spacial score (nSPS) is 21.5. The second kappa shape index (κ2) is 10.6. The minimum absolute atomic E-state index is 0.0645. The summed E-state index contributed by atoms with van der Waals surface area (Å²) in [6, 6.07) is 14.9. The molecule has 2 fully saturated rings. The van der Waals surface area contributed by atoms with Crippen LogP contribution in [0.25, 0.3) is 0 Å². The smallest absolute Gasteiger partial charge is 0.306 e. The molecule has 1 heterocycles. The van der Waals surface area contributed by atoms with Gasteiger partial charge in [-0.05, 0) is 49.1 Å². The van der Waals surface area contributed by atoms with Crippen LogP contribution in [0.5, 0.6) is 0 Å². The topological polar surface area (TPSA) is 104 Å². The zero-order valence-electron chi connectivity index (χ0n) is 19.4. The summed E-state index contributed by atoms with van der Waals surface area (Å²) in [5.41, 5.74) is 1.33. The van der Waals surface area contributed by atoms with Crippen molar-refractivity contribution in [3.63, 3.8) is 0 Å². The first-order valence-corrected chi connectivity index (χ1v) is 13.6. The van der Waals surface area contributed by atoms with Gasteiger partial charge in [0, 0.05) is 5.02 Å². The summed E-state index contributed by atoms with van der Waals surface area (Å²) in [6.07, 6.45) is 0.122. The minimum atomic E-state index is -3.61. The van der Waals surface area contributed by atoms with E-state index in [1.165, 1.54) is 4.31 Å². The molecule has 0 radical (unpaired) electrons. The van der Waals surface area contributed by atoms with Crippen LogP contribution in [0.3, 0.4) is 0 Å². The maximum Gasteiger partial charge on any atom is 0.306 e. The molecule has 1 saturated heterocycles. The standard InChI is InChI=1S/C25H29ClN2O6S/c1-2-19(15-27(20-6-4-3-5-7-20)35(32,33)21-12-13-21)28-22(17-8-10-18(26)11-9-17)16-34-23(25(28)31)14-24(29)30/h3-11,19,21-23H,2,12-16H2,1H3,(H,29,30)/t19-,22-,23?/m0/s1. The summed E-state index contributed by atoms with van der Waals surface area (Å²) >= 11 is 6.06. The van der Waals surface area contributed by atoms with Crippen molar-refractivity contribution in [3.05, 3.63) is 65.2 Å². The van der Waals surface area contributed by atoms with E-state index in [0.29, 0.717) is 30.0 Å². The molecule has 35 heavy (non-hydrogen) atoms. The van der Waals surface area contributed by atoms with Crippen molar-refractivity contribution < 1.29 is 27.9 Å². The summed E-state index contributed by atoms with van der Waals surface area (Å²) < 4.78 is 33.9. The van der Waals surface area contributed by atoms with E-state index in [-0.39, 0.29) is 13.2 Å². The Labute approximate surface area is 210 Å². The highest BCUT2D eigenvalue weighted by molar-refractivity contribution is 7.93. The second-order valence-electron chi connectivity index (χ2n) is 8.91. The number of carboxylic acid groups (broad SMARTS) is 1. The molecular weight excluding hydrogens is 492 g/mol. The molecular formula is C25H29ClN2O6S. The molecule has 188 valence electrons. The van der Waals surface area contributed by atoms with Crippen LogP contribution in [0.4, 0.5) is 5.69 Å². The van der Waals surface area contributed by atoms with Gasteiger partial charge in [-0.2, -0.15) is 0 Å². The zero-order valence-corrected chi connectivity index (χ0v) is 21.0.